The Bertz CT molecular complexity index is 1010. The largest absolute Gasteiger partial charge is 0.493 e. The number of amides is 2. The van der Waals surface area contributed by atoms with Gasteiger partial charge < -0.3 is 19.9 Å². The van der Waals surface area contributed by atoms with Crippen LogP contribution in [0.5, 0.6) is 5.75 Å². The Hall–Kier alpha value is -2.49. The number of thiocarbonyl (C=S) groups is 1. The molecule has 1 aliphatic rings. The highest BCUT2D eigenvalue weighted by Crippen LogP contribution is 2.24. The molecule has 0 saturated carbocycles. The van der Waals surface area contributed by atoms with E-state index in [0.717, 1.165) is 30.4 Å². The van der Waals surface area contributed by atoms with Gasteiger partial charge in [-0.15, -0.1) is 0 Å². The SMILES string of the molecule is CCCCOc1ccc(Br)cc1C(=O)NC(=S)Nc1ccccc1C(=O)N1CCN(C)CC1. The summed E-state index contributed by atoms with van der Waals surface area (Å²) >= 11 is 8.79. The molecule has 2 aromatic carbocycles. The second kappa shape index (κ2) is 12.1. The summed E-state index contributed by atoms with van der Waals surface area (Å²) < 4.78 is 6.54. The Balaban J connectivity index is 1.69. The van der Waals surface area contributed by atoms with Crippen molar-refractivity contribution in [3.63, 3.8) is 0 Å². The number of carbonyl (C=O) groups excluding carboxylic acids is 2. The molecule has 0 radical (unpaired) electrons. The van der Waals surface area contributed by atoms with Gasteiger partial charge in [0.05, 0.1) is 23.4 Å². The number of unbranched alkanes of at least 4 members (excludes halogenated alkanes) is 1. The maximum Gasteiger partial charge on any atom is 0.261 e. The third kappa shape index (κ3) is 6.99. The highest BCUT2D eigenvalue weighted by Gasteiger charge is 2.23. The lowest BCUT2D eigenvalue weighted by molar-refractivity contribution is 0.0665. The molecule has 7 nitrogen and oxygen atoms in total. The van der Waals surface area contributed by atoms with E-state index in [4.69, 9.17) is 17.0 Å². The van der Waals surface area contributed by atoms with Gasteiger partial charge in [-0.05, 0) is 56.0 Å². The monoisotopic (exact) mass is 532 g/mol. The van der Waals surface area contributed by atoms with Crippen LogP contribution >= 0.6 is 28.1 Å². The van der Waals surface area contributed by atoms with Crippen LogP contribution in [0.1, 0.15) is 40.5 Å². The summed E-state index contributed by atoms with van der Waals surface area (Å²) in [6.07, 6.45) is 1.90. The van der Waals surface area contributed by atoms with Crippen LogP contribution in [0.15, 0.2) is 46.9 Å². The van der Waals surface area contributed by atoms with E-state index in [0.29, 0.717) is 42.3 Å². The summed E-state index contributed by atoms with van der Waals surface area (Å²) in [4.78, 5) is 30.0. The zero-order chi connectivity index (χ0) is 23.8. The lowest BCUT2D eigenvalue weighted by Gasteiger charge is -2.32. The fourth-order valence-electron chi connectivity index (χ4n) is 3.41. The highest BCUT2D eigenvalue weighted by molar-refractivity contribution is 9.10. The maximum atomic E-state index is 13.1. The quantitative estimate of drug-likeness (QED) is 0.412. The molecule has 1 heterocycles. The van der Waals surface area contributed by atoms with Gasteiger partial charge in [-0.3, -0.25) is 14.9 Å². The van der Waals surface area contributed by atoms with E-state index in [-0.39, 0.29) is 16.9 Å². The minimum Gasteiger partial charge on any atom is -0.493 e. The predicted molar refractivity (Wildman–Crippen MR) is 138 cm³/mol. The van der Waals surface area contributed by atoms with Crippen molar-refractivity contribution in [3.05, 3.63) is 58.1 Å². The summed E-state index contributed by atoms with van der Waals surface area (Å²) in [6.45, 7) is 5.64. The molecule has 0 bridgehead atoms. The minimum absolute atomic E-state index is 0.0565. The Morgan fingerprint density at radius 3 is 2.55 bits per heavy atom. The van der Waals surface area contributed by atoms with Crippen molar-refractivity contribution in [1.82, 2.24) is 15.1 Å². The average Bonchev–Trinajstić information content (AvgIpc) is 2.80. The van der Waals surface area contributed by atoms with E-state index in [1.165, 1.54) is 0 Å². The van der Waals surface area contributed by atoms with Crippen molar-refractivity contribution in [2.24, 2.45) is 0 Å². The van der Waals surface area contributed by atoms with Crippen molar-refractivity contribution in [3.8, 4) is 5.75 Å². The zero-order valence-corrected chi connectivity index (χ0v) is 21.3. The number of likely N-dealkylation sites (N-methyl/N-ethyl adjacent to an activating group) is 1. The van der Waals surface area contributed by atoms with Gasteiger partial charge >= 0.3 is 0 Å². The Labute approximate surface area is 208 Å². The van der Waals surface area contributed by atoms with Crippen molar-refractivity contribution in [1.29, 1.82) is 0 Å². The third-order valence-corrected chi connectivity index (χ3v) is 6.06. The molecule has 33 heavy (non-hydrogen) atoms. The Morgan fingerprint density at radius 2 is 1.82 bits per heavy atom. The number of nitrogens with zero attached hydrogens (tertiary/aromatic N) is 2. The van der Waals surface area contributed by atoms with Gasteiger partial charge in [0.15, 0.2) is 5.11 Å². The normalized spacial score (nSPS) is 14.0. The number of benzene rings is 2. The Kier molecular flexibility index (Phi) is 9.22. The molecule has 2 aromatic rings. The molecule has 2 N–H and O–H groups in total. The van der Waals surface area contributed by atoms with Crippen LogP contribution in [0.3, 0.4) is 0 Å². The Morgan fingerprint density at radius 1 is 1.09 bits per heavy atom. The van der Waals surface area contributed by atoms with E-state index in [2.05, 4.69) is 38.4 Å². The van der Waals surface area contributed by atoms with Gasteiger partial charge in [-0.25, -0.2) is 0 Å². The van der Waals surface area contributed by atoms with E-state index in [9.17, 15) is 9.59 Å². The number of nitrogens with one attached hydrogen (secondary N) is 2. The molecular formula is C24H29BrN4O3S. The highest BCUT2D eigenvalue weighted by atomic mass is 79.9. The molecule has 0 aliphatic carbocycles. The number of hydrogen-bond donors (Lipinski definition) is 2. The summed E-state index contributed by atoms with van der Waals surface area (Å²) in [6, 6.07) is 12.5. The predicted octanol–water partition coefficient (Wildman–Crippen LogP) is 4.14. The van der Waals surface area contributed by atoms with Gasteiger partial charge in [0.2, 0.25) is 0 Å². The van der Waals surface area contributed by atoms with E-state index in [1.54, 1.807) is 24.3 Å². The molecule has 9 heteroatoms. The standard InChI is InChI=1S/C24H29BrN4O3S/c1-3-4-15-32-21-10-9-17(25)16-19(21)22(30)27-24(33)26-20-8-6-5-7-18(20)23(31)29-13-11-28(2)12-14-29/h5-10,16H,3-4,11-15H2,1-2H3,(H2,26,27,30,33). The maximum absolute atomic E-state index is 13.1. The summed E-state index contributed by atoms with van der Waals surface area (Å²) in [5, 5.41) is 5.83. The number of halogens is 1. The van der Waals surface area contributed by atoms with Gasteiger partial charge in [0.25, 0.3) is 11.8 Å². The van der Waals surface area contributed by atoms with E-state index >= 15 is 0 Å². The summed E-state index contributed by atoms with van der Waals surface area (Å²) in [5.74, 6) is 0.0553. The third-order valence-electron chi connectivity index (χ3n) is 5.36. The van der Waals surface area contributed by atoms with Crippen LogP contribution in [-0.4, -0.2) is 66.6 Å². The first-order valence-electron chi connectivity index (χ1n) is 11.0. The first kappa shape index (κ1) is 25.1. The van der Waals surface area contributed by atoms with Crippen LogP contribution in [0.2, 0.25) is 0 Å². The zero-order valence-electron chi connectivity index (χ0n) is 18.9. The number of hydrogen-bond acceptors (Lipinski definition) is 5. The average molecular weight is 533 g/mol. The second-order valence-electron chi connectivity index (χ2n) is 7.89. The number of para-hydroxylation sites is 1. The first-order valence-corrected chi connectivity index (χ1v) is 12.2. The number of piperazine rings is 1. The molecule has 0 atom stereocenters. The molecule has 176 valence electrons. The van der Waals surface area contributed by atoms with Crippen LogP contribution in [0.4, 0.5) is 5.69 Å². The lowest BCUT2D eigenvalue weighted by atomic mass is 10.1. The fraction of sp³-hybridized carbons (Fsp3) is 0.375. The van der Waals surface area contributed by atoms with Crippen molar-refractivity contribution in [2.75, 3.05) is 45.2 Å². The van der Waals surface area contributed by atoms with Crippen LogP contribution in [0.25, 0.3) is 0 Å². The topological polar surface area (TPSA) is 73.9 Å². The summed E-state index contributed by atoms with van der Waals surface area (Å²) in [7, 11) is 2.05. The van der Waals surface area contributed by atoms with Gasteiger partial charge in [0.1, 0.15) is 5.75 Å². The van der Waals surface area contributed by atoms with Gasteiger partial charge in [0, 0.05) is 30.7 Å². The lowest BCUT2D eigenvalue weighted by Crippen LogP contribution is -2.47. The molecule has 1 aliphatic heterocycles. The minimum atomic E-state index is -0.386. The number of ether oxygens (including phenoxy) is 1. The number of rotatable bonds is 7. The van der Waals surface area contributed by atoms with E-state index in [1.807, 2.05) is 30.1 Å². The van der Waals surface area contributed by atoms with Crippen molar-refractivity contribution < 1.29 is 14.3 Å². The van der Waals surface area contributed by atoms with Crippen LogP contribution in [-0.2, 0) is 0 Å². The molecule has 0 aromatic heterocycles. The fourth-order valence-corrected chi connectivity index (χ4v) is 3.98. The first-order chi connectivity index (χ1) is 15.9. The summed E-state index contributed by atoms with van der Waals surface area (Å²) in [5.41, 5.74) is 1.46. The van der Waals surface area contributed by atoms with Crippen molar-refractivity contribution >= 4 is 50.8 Å². The molecule has 3 rings (SSSR count). The molecule has 0 unspecified atom stereocenters. The molecule has 1 fully saturated rings. The van der Waals surface area contributed by atoms with Crippen molar-refractivity contribution in [2.45, 2.75) is 19.8 Å². The molecule has 0 spiro atoms. The van der Waals surface area contributed by atoms with Crippen LogP contribution < -0.4 is 15.4 Å². The molecular weight excluding hydrogens is 504 g/mol. The number of anilines is 1. The van der Waals surface area contributed by atoms with Crippen LogP contribution in [0, 0.1) is 0 Å². The smallest absolute Gasteiger partial charge is 0.261 e. The van der Waals surface area contributed by atoms with Gasteiger partial charge in [-0.2, -0.15) is 0 Å². The molecule has 1 saturated heterocycles. The second-order valence-corrected chi connectivity index (χ2v) is 9.22. The van der Waals surface area contributed by atoms with E-state index < -0.39 is 0 Å². The number of carbonyl (C=O) groups is 2. The molecule has 2 amide bonds. The van der Waals surface area contributed by atoms with Gasteiger partial charge in [-0.1, -0.05) is 41.4 Å².